The molecule has 0 saturated heterocycles. The molecule has 0 aromatic rings. The predicted molar refractivity (Wildman–Crippen MR) is 47.2 cm³/mol. The van der Waals surface area contributed by atoms with Crippen LogP contribution < -0.4 is 5.73 Å². The molecular formula is C5H10Cl3NO2. The van der Waals surface area contributed by atoms with Crippen LogP contribution in [0.5, 0.6) is 0 Å². The number of aliphatic carboxylic acids is 1. The molecule has 0 aromatic carbocycles. The fourth-order valence-corrected chi connectivity index (χ4v) is 0. The number of hydrogen-bond donors (Lipinski definition) is 2. The Balaban J connectivity index is 0. The summed E-state index contributed by atoms with van der Waals surface area (Å²) < 4.78 is -2.17. The summed E-state index contributed by atoms with van der Waals surface area (Å²) >= 11 is 14.4. The molecular weight excluding hydrogens is 212 g/mol. The van der Waals surface area contributed by atoms with Gasteiger partial charge in [0.25, 0.3) is 3.79 Å². The first-order valence-electron chi connectivity index (χ1n) is 2.73. The van der Waals surface area contributed by atoms with E-state index in [1.807, 2.05) is 13.8 Å². The fraction of sp³-hybridized carbons (Fsp3) is 0.800. The van der Waals surface area contributed by atoms with Crippen molar-refractivity contribution in [3.05, 3.63) is 0 Å². The topological polar surface area (TPSA) is 63.3 Å². The molecule has 0 aromatic heterocycles. The molecule has 0 aliphatic carbocycles. The fourth-order valence-electron chi connectivity index (χ4n) is 0. The zero-order valence-electron chi connectivity index (χ0n) is 6.14. The van der Waals surface area contributed by atoms with Gasteiger partial charge in [0.05, 0.1) is 0 Å². The van der Waals surface area contributed by atoms with Crippen LogP contribution >= 0.6 is 34.8 Å². The van der Waals surface area contributed by atoms with Crippen molar-refractivity contribution in [1.29, 1.82) is 0 Å². The number of carboxylic acids is 1. The monoisotopic (exact) mass is 221 g/mol. The van der Waals surface area contributed by atoms with Gasteiger partial charge in [-0.1, -0.05) is 48.7 Å². The third kappa shape index (κ3) is 17.9. The maximum atomic E-state index is 9.62. The van der Waals surface area contributed by atoms with Crippen LogP contribution in [0.1, 0.15) is 13.8 Å². The number of halogens is 3. The highest BCUT2D eigenvalue weighted by atomic mass is 35.6. The number of alkyl halides is 3. The number of carbonyl (C=O) groups is 1. The molecule has 68 valence electrons. The highest BCUT2D eigenvalue weighted by molar-refractivity contribution is 6.75. The third-order valence-electron chi connectivity index (χ3n) is 0.243. The van der Waals surface area contributed by atoms with E-state index in [-0.39, 0.29) is 0 Å². The lowest BCUT2D eigenvalue weighted by molar-refractivity contribution is -0.135. The molecule has 0 unspecified atom stereocenters. The molecule has 0 bridgehead atoms. The van der Waals surface area contributed by atoms with Crippen LogP contribution in [0.25, 0.3) is 0 Å². The summed E-state index contributed by atoms with van der Waals surface area (Å²) in [5, 5.41) is 7.85. The van der Waals surface area contributed by atoms with Crippen LogP contribution in [-0.4, -0.2) is 20.9 Å². The summed E-state index contributed by atoms with van der Waals surface area (Å²) in [5.74, 6) is -1.46. The van der Waals surface area contributed by atoms with Gasteiger partial charge in [-0.2, -0.15) is 0 Å². The molecule has 6 heteroatoms. The third-order valence-corrected chi connectivity index (χ3v) is 0.728. The van der Waals surface area contributed by atoms with Crippen LogP contribution in [-0.2, 0) is 4.79 Å². The molecule has 0 spiro atoms. The van der Waals surface area contributed by atoms with Gasteiger partial charge in [0.2, 0.25) is 0 Å². The van der Waals surface area contributed by atoms with Gasteiger partial charge in [0.15, 0.2) is 0 Å². The molecule has 0 amide bonds. The largest absolute Gasteiger partial charge is 0.478 e. The Morgan fingerprint density at radius 1 is 1.45 bits per heavy atom. The minimum Gasteiger partial charge on any atom is -0.478 e. The van der Waals surface area contributed by atoms with Crippen molar-refractivity contribution < 1.29 is 9.90 Å². The van der Waals surface area contributed by atoms with Gasteiger partial charge in [-0.05, 0) is 6.04 Å². The predicted octanol–water partition coefficient (Wildman–Crippen LogP) is 1.79. The van der Waals surface area contributed by atoms with Gasteiger partial charge in [-0.15, -0.1) is 0 Å². The van der Waals surface area contributed by atoms with E-state index in [9.17, 15) is 4.79 Å². The Morgan fingerprint density at radius 2 is 1.55 bits per heavy atom. The first kappa shape index (κ1) is 13.9. The lowest BCUT2D eigenvalue weighted by atomic mass is 10.5. The molecule has 0 radical (unpaired) electrons. The molecule has 0 aliphatic heterocycles. The summed E-state index contributed by atoms with van der Waals surface area (Å²) in [5.41, 5.74) is 5.11. The molecule has 0 heterocycles. The van der Waals surface area contributed by atoms with Crippen LogP contribution in [0.3, 0.4) is 0 Å². The summed E-state index contributed by atoms with van der Waals surface area (Å²) in [6.07, 6.45) is 0. The molecule has 3 N–H and O–H groups in total. The van der Waals surface area contributed by atoms with Crippen LogP contribution in [0.15, 0.2) is 0 Å². The normalized spacial score (nSPS) is 10.5. The van der Waals surface area contributed by atoms with E-state index in [0.717, 1.165) is 0 Å². The van der Waals surface area contributed by atoms with E-state index in [0.29, 0.717) is 6.04 Å². The Hall–Kier alpha value is 0.300. The van der Waals surface area contributed by atoms with Crippen molar-refractivity contribution in [1.82, 2.24) is 0 Å². The lowest BCUT2D eigenvalue weighted by Gasteiger charge is -1.99. The number of hydrogen-bond acceptors (Lipinski definition) is 2. The van der Waals surface area contributed by atoms with Gasteiger partial charge in [0.1, 0.15) is 0 Å². The van der Waals surface area contributed by atoms with Gasteiger partial charge < -0.3 is 10.8 Å². The zero-order valence-corrected chi connectivity index (χ0v) is 8.41. The highest BCUT2D eigenvalue weighted by Gasteiger charge is 2.29. The Bertz CT molecular complexity index is 119. The van der Waals surface area contributed by atoms with Gasteiger partial charge in [-0.3, -0.25) is 0 Å². The van der Waals surface area contributed by atoms with E-state index in [4.69, 9.17) is 45.6 Å². The summed E-state index contributed by atoms with van der Waals surface area (Å²) in [4.78, 5) is 9.62. The molecule has 0 fully saturated rings. The van der Waals surface area contributed by atoms with Crippen molar-refractivity contribution in [2.45, 2.75) is 23.7 Å². The Labute approximate surface area is 80.4 Å². The summed E-state index contributed by atoms with van der Waals surface area (Å²) in [7, 11) is 0. The average molecular weight is 222 g/mol. The first-order valence-corrected chi connectivity index (χ1v) is 3.87. The van der Waals surface area contributed by atoms with E-state index < -0.39 is 9.76 Å². The van der Waals surface area contributed by atoms with E-state index in [1.54, 1.807) is 0 Å². The van der Waals surface area contributed by atoms with Crippen molar-refractivity contribution >= 4 is 40.8 Å². The highest BCUT2D eigenvalue weighted by Crippen LogP contribution is 2.25. The summed E-state index contributed by atoms with van der Waals surface area (Å²) in [6.45, 7) is 3.89. The molecule has 3 nitrogen and oxygen atoms in total. The smallest absolute Gasteiger partial charge is 0.356 e. The second-order valence-electron chi connectivity index (χ2n) is 2.05. The molecule has 0 saturated carbocycles. The minimum absolute atomic E-state index is 0.333. The van der Waals surface area contributed by atoms with Crippen molar-refractivity contribution in [2.24, 2.45) is 5.73 Å². The summed E-state index contributed by atoms with van der Waals surface area (Å²) in [6, 6.07) is 0.333. The second-order valence-corrected chi connectivity index (χ2v) is 4.33. The maximum Gasteiger partial charge on any atom is 0.356 e. The van der Waals surface area contributed by atoms with E-state index in [2.05, 4.69) is 0 Å². The molecule has 0 rings (SSSR count). The first-order chi connectivity index (χ1) is 4.68. The quantitative estimate of drug-likeness (QED) is 0.614. The lowest BCUT2D eigenvalue weighted by Crippen LogP contribution is -2.16. The average Bonchev–Trinajstić information content (AvgIpc) is 1.59. The van der Waals surface area contributed by atoms with Crippen LogP contribution in [0, 0.1) is 0 Å². The van der Waals surface area contributed by atoms with Crippen molar-refractivity contribution in [3.8, 4) is 0 Å². The van der Waals surface area contributed by atoms with Crippen LogP contribution in [0.2, 0.25) is 0 Å². The number of rotatable bonds is 0. The SMILES string of the molecule is CC(C)N.O=C(O)C(Cl)(Cl)Cl. The second kappa shape index (κ2) is 5.89. The van der Waals surface area contributed by atoms with Crippen molar-refractivity contribution in [2.75, 3.05) is 0 Å². The maximum absolute atomic E-state index is 9.62. The van der Waals surface area contributed by atoms with Gasteiger partial charge in [-0.25, -0.2) is 4.79 Å². The van der Waals surface area contributed by atoms with E-state index >= 15 is 0 Å². The van der Waals surface area contributed by atoms with Gasteiger partial charge in [0, 0.05) is 0 Å². The Kier molecular flexibility index (Phi) is 7.42. The van der Waals surface area contributed by atoms with Gasteiger partial charge >= 0.3 is 5.97 Å². The molecule has 0 aliphatic rings. The molecule has 11 heavy (non-hydrogen) atoms. The Morgan fingerprint density at radius 3 is 1.55 bits per heavy atom. The minimum atomic E-state index is -2.17. The number of carboxylic acid groups (broad SMARTS) is 1. The van der Waals surface area contributed by atoms with Crippen molar-refractivity contribution in [3.63, 3.8) is 0 Å². The van der Waals surface area contributed by atoms with E-state index in [1.165, 1.54) is 0 Å². The zero-order chi connectivity index (χ0) is 9.65. The van der Waals surface area contributed by atoms with Crippen LogP contribution in [0.4, 0.5) is 0 Å². The molecule has 0 atom stereocenters. The standard InChI is InChI=1S/C3H9N.C2HCl3O2/c1-3(2)4;3-2(4,5)1(6)7/h3H,4H2,1-2H3;(H,6,7). The number of nitrogens with two attached hydrogens (primary N) is 1.